The summed E-state index contributed by atoms with van der Waals surface area (Å²) in [5, 5.41) is 13.3. The molecule has 3 heterocycles. The van der Waals surface area contributed by atoms with Gasteiger partial charge in [0.2, 0.25) is 5.91 Å². The average Bonchev–Trinajstić information content (AvgIpc) is 3.53. The van der Waals surface area contributed by atoms with Gasteiger partial charge in [-0.25, -0.2) is 9.67 Å². The normalized spacial score (nSPS) is 11.1. The van der Waals surface area contributed by atoms with Crippen molar-refractivity contribution < 1.29 is 4.79 Å². The number of rotatable bonds is 9. The van der Waals surface area contributed by atoms with Crippen LogP contribution in [0, 0.1) is 6.92 Å². The molecule has 0 spiro atoms. The SMILES string of the molecule is C=CCn1c(SCC(=O)Nc2c(C)n(C)n(-c3ccccc3)c2=O)nnc1-c1cc(-c2ccccc2)nc2ccccc12. The van der Waals surface area contributed by atoms with E-state index in [1.54, 1.807) is 24.7 Å². The minimum atomic E-state index is -0.313. The molecule has 0 aliphatic rings. The fraction of sp³-hybridized carbons (Fsp3) is 0.121. The van der Waals surface area contributed by atoms with E-state index in [1.807, 2.05) is 95.6 Å². The number of nitrogens with zero attached hydrogens (tertiary/aromatic N) is 6. The minimum absolute atomic E-state index is 0.0424. The van der Waals surface area contributed by atoms with Crippen molar-refractivity contribution in [3.05, 3.63) is 120 Å². The van der Waals surface area contributed by atoms with Gasteiger partial charge in [-0.05, 0) is 31.2 Å². The summed E-state index contributed by atoms with van der Waals surface area (Å²) < 4.78 is 5.21. The summed E-state index contributed by atoms with van der Waals surface area (Å²) in [6.45, 7) is 6.18. The maximum Gasteiger partial charge on any atom is 0.295 e. The fourth-order valence-electron chi connectivity index (χ4n) is 5.02. The van der Waals surface area contributed by atoms with Crippen LogP contribution >= 0.6 is 11.8 Å². The Bertz CT molecular complexity index is 2010. The number of allylic oxidation sites excluding steroid dienone is 1. The molecular formula is C33H29N7O2S. The number of anilines is 1. The maximum atomic E-state index is 13.2. The second kappa shape index (κ2) is 11.9. The third kappa shape index (κ3) is 5.40. The molecule has 214 valence electrons. The van der Waals surface area contributed by atoms with Crippen molar-refractivity contribution in [1.82, 2.24) is 29.1 Å². The number of carbonyl (C=O) groups excluding carboxylic acids is 1. The topological polar surface area (TPSA) is 99.6 Å². The van der Waals surface area contributed by atoms with E-state index < -0.39 is 0 Å². The van der Waals surface area contributed by atoms with Crippen LogP contribution in [0.3, 0.4) is 0 Å². The highest BCUT2D eigenvalue weighted by molar-refractivity contribution is 7.99. The number of fused-ring (bicyclic) bond motifs is 1. The molecule has 9 nitrogen and oxygen atoms in total. The van der Waals surface area contributed by atoms with Crippen LogP contribution in [0.1, 0.15) is 5.69 Å². The van der Waals surface area contributed by atoms with E-state index in [4.69, 9.17) is 4.98 Å². The molecule has 0 saturated heterocycles. The van der Waals surface area contributed by atoms with Gasteiger partial charge in [-0.3, -0.25) is 18.8 Å². The average molecular weight is 588 g/mol. The van der Waals surface area contributed by atoms with Crippen LogP contribution in [0.4, 0.5) is 5.69 Å². The molecule has 0 aliphatic heterocycles. The van der Waals surface area contributed by atoms with Gasteiger partial charge in [-0.1, -0.05) is 84.6 Å². The zero-order chi connectivity index (χ0) is 29.9. The lowest BCUT2D eigenvalue weighted by Gasteiger charge is -2.12. The molecule has 1 N–H and O–H groups in total. The smallest absolute Gasteiger partial charge is 0.295 e. The van der Waals surface area contributed by atoms with Crippen molar-refractivity contribution in [3.63, 3.8) is 0 Å². The van der Waals surface area contributed by atoms with E-state index in [-0.39, 0.29) is 22.9 Å². The molecule has 0 unspecified atom stereocenters. The standard InChI is InChI=1S/C33H29N7O2S/c1-4-19-39-31(26-20-28(23-13-7-5-8-14-23)34-27-18-12-11-17-25(26)27)36-37-33(39)43-21-29(41)35-30-22(2)38(3)40(32(30)42)24-15-9-6-10-16-24/h4-18,20H,1,19,21H2,2-3H3,(H,35,41). The molecule has 0 radical (unpaired) electrons. The number of pyridine rings is 1. The molecular weight excluding hydrogens is 558 g/mol. The van der Waals surface area contributed by atoms with E-state index in [0.717, 1.165) is 33.4 Å². The van der Waals surface area contributed by atoms with Crippen molar-refractivity contribution in [2.45, 2.75) is 18.6 Å². The summed E-state index contributed by atoms with van der Waals surface area (Å²) in [5.74, 6) is 0.385. The number of carbonyl (C=O) groups is 1. The number of thioether (sulfide) groups is 1. The molecule has 0 bridgehead atoms. The van der Waals surface area contributed by atoms with E-state index in [1.165, 1.54) is 16.4 Å². The predicted octanol–water partition coefficient (Wildman–Crippen LogP) is 5.87. The third-order valence-corrected chi connectivity index (χ3v) is 8.17. The largest absolute Gasteiger partial charge is 0.319 e. The number of para-hydroxylation sites is 2. The first kappa shape index (κ1) is 27.9. The van der Waals surface area contributed by atoms with Gasteiger partial charge in [0.15, 0.2) is 11.0 Å². The van der Waals surface area contributed by atoms with Gasteiger partial charge in [-0.15, -0.1) is 16.8 Å². The molecule has 1 amide bonds. The zero-order valence-corrected chi connectivity index (χ0v) is 24.6. The zero-order valence-electron chi connectivity index (χ0n) is 23.8. The Hall–Kier alpha value is -5.22. The van der Waals surface area contributed by atoms with Gasteiger partial charge >= 0.3 is 0 Å². The second-order valence-corrected chi connectivity index (χ2v) is 10.9. The lowest BCUT2D eigenvalue weighted by Crippen LogP contribution is -2.23. The first-order valence-electron chi connectivity index (χ1n) is 13.7. The summed E-state index contributed by atoms with van der Waals surface area (Å²) >= 11 is 1.25. The molecule has 3 aromatic carbocycles. The third-order valence-electron chi connectivity index (χ3n) is 7.21. The first-order chi connectivity index (χ1) is 21.0. The van der Waals surface area contributed by atoms with Gasteiger partial charge in [0.05, 0.1) is 28.3 Å². The van der Waals surface area contributed by atoms with Crippen molar-refractivity contribution in [3.8, 4) is 28.3 Å². The Morgan fingerprint density at radius 3 is 2.42 bits per heavy atom. The van der Waals surface area contributed by atoms with Crippen LogP contribution in [0.25, 0.3) is 39.2 Å². The van der Waals surface area contributed by atoms with E-state index in [2.05, 4.69) is 22.1 Å². The van der Waals surface area contributed by atoms with Crippen molar-refractivity contribution in [2.75, 3.05) is 11.1 Å². The van der Waals surface area contributed by atoms with Gasteiger partial charge in [-0.2, -0.15) is 0 Å². The molecule has 0 aliphatic carbocycles. The Kier molecular flexibility index (Phi) is 7.76. The van der Waals surface area contributed by atoms with Gasteiger partial charge in [0.25, 0.3) is 5.56 Å². The van der Waals surface area contributed by atoms with Crippen molar-refractivity contribution in [2.24, 2.45) is 7.05 Å². The first-order valence-corrected chi connectivity index (χ1v) is 14.7. The van der Waals surface area contributed by atoms with Crippen molar-refractivity contribution in [1.29, 1.82) is 0 Å². The molecule has 0 atom stereocenters. The quantitative estimate of drug-likeness (QED) is 0.168. The predicted molar refractivity (Wildman–Crippen MR) is 171 cm³/mol. The monoisotopic (exact) mass is 587 g/mol. The summed E-state index contributed by atoms with van der Waals surface area (Å²) in [6.07, 6.45) is 1.78. The Morgan fingerprint density at radius 1 is 0.977 bits per heavy atom. The maximum absolute atomic E-state index is 13.2. The molecule has 3 aromatic heterocycles. The van der Waals surface area contributed by atoms with E-state index in [0.29, 0.717) is 23.2 Å². The molecule has 0 fully saturated rings. The van der Waals surface area contributed by atoms with Crippen LogP contribution in [-0.2, 0) is 18.4 Å². The Labute approximate surface area is 252 Å². The van der Waals surface area contributed by atoms with E-state index >= 15 is 0 Å². The van der Waals surface area contributed by atoms with Crippen LogP contribution < -0.4 is 10.9 Å². The van der Waals surface area contributed by atoms with E-state index in [9.17, 15) is 9.59 Å². The summed E-state index contributed by atoms with van der Waals surface area (Å²) in [6, 6.07) is 29.3. The van der Waals surface area contributed by atoms with Crippen LogP contribution in [0.5, 0.6) is 0 Å². The Balaban J connectivity index is 1.29. The lowest BCUT2D eigenvalue weighted by atomic mass is 10.0. The summed E-state index contributed by atoms with van der Waals surface area (Å²) in [7, 11) is 1.79. The fourth-order valence-corrected chi connectivity index (χ4v) is 5.77. The highest BCUT2D eigenvalue weighted by Crippen LogP contribution is 2.33. The van der Waals surface area contributed by atoms with Gasteiger partial charge in [0.1, 0.15) is 5.69 Å². The number of hydrogen-bond acceptors (Lipinski definition) is 6. The molecule has 10 heteroatoms. The number of aromatic nitrogens is 6. The molecule has 6 rings (SSSR count). The lowest BCUT2D eigenvalue weighted by molar-refractivity contribution is -0.113. The van der Waals surface area contributed by atoms with Crippen LogP contribution in [0.2, 0.25) is 0 Å². The highest BCUT2D eigenvalue weighted by Gasteiger charge is 2.21. The highest BCUT2D eigenvalue weighted by atomic mass is 32.2. The van der Waals surface area contributed by atoms with Gasteiger partial charge in [0, 0.05) is 30.1 Å². The van der Waals surface area contributed by atoms with Gasteiger partial charge < -0.3 is 5.32 Å². The summed E-state index contributed by atoms with van der Waals surface area (Å²) in [4.78, 5) is 31.2. The minimum Gasteiger partial charge on any atom is -0.319 e. The molecule has 6 aromatic rings. The summed E-state index contributed by atoms with van der Waals surface area (Å²) in [5.41, 5.74) is 4.90. The molecule has 43 heavy (non-hydrogen) atoms. The number of nitrogens with one attached hydrogen (secondary N) is 1. The van der Waals surface area contributed by atoms with Crippen molar-refractivity contribution >= 4 is 34.3 Å². The number of amides is 1. The van der Waals surface area contributed by atoms with Crippen LogP contribution in [-0.4, -0.2) is 40.8 Å². The van der Waals surface area contributed by atoms with Crippen LogP contribution in [0.15, 0.2) is 114 Å². The Morgan fingerprint density at radius 2 is 1.67 bits per heavy atom. The second-order valence-electron chi connectivity index (χ2n) is 9.92. The number of benzene rings is 3. The molecule has 0 saturated carbocycles. The number of hydrogen-bond donors (Lipinski definition) is 1.